The fraction of sp³-hybridized carbons (Fsp3) is 0.429. The first kappa shape index (κ1) is 14.3. The first-order valence-corrected chi connectivity index (χ1v) is 6.88. The summed E-state index contributed by atoms with van der Waals surface area (Å²) in [5, 5.41) is 3.33. The van der Waals surface area contributed by atoms with E-state index < -0.39 is 0 Å². The number of hydrogen-bond acceptors (Lipinski definition) is 3. The van der Waals surface area contributed by atoms with E-state index in [2.05, 4.69) is 48.7 Å². The largest absolute Gasteiger partial charge is 0.383 e. The number of methoxy groups -OCH3 is 1. The average molecular weight is 251 g/mol. The van der Waals surface area contributed by atoms with Gasteiger partial charge in [0, 0.05) is 30.8 Å². The minimum atomic E-state index is 0.761. The summed E-state index contributed by atoms with van der Waals surface area (Å²) in [6, 6.07) is 8.72. The third-order valence-electron chi connectivity index (χ3n) is 2.32. The van der Waals surface area contributed by atoms with E-state index in [0.29, 0.717) is 0 Å². The van der Waals surface area contributed by atoms with E-state index in [1.807, 2.05) is 11.8 Å². The normalized spacial score (nSPS) is 11.2. The van der Waals surface area contributed by atoms with Crippen molar-refractivity contribution in [2.24, 2.45) is 0 Å². The number of hydrogen-bond donors (Lipinski definition) is 1. The zero-order chi connectivity index (χ0) is 12.3. The van der Waals surface area contributed by atoms with Gasteiger partial charge < -0.3 is 10.1 Å². The van der Waals surface area contributed by atoms with Gasteiger partial charge in [0.2, 0.25) is 0 Å². The molecule has 1 N–H and O–H groups in total. The summed E-state index contributed by atoms with van der Waals surface area (Å²) in [7, 11) is 1.72. The molecule has 0 aliphatic heterocycles. The zero-order valence-electron chi connectivity index (χ0n) is 10.6. The molecule has 0 saturated heterocycles. The third-order valence-corrected chi connectivity index (χ3v) is 3.28. The van der Waals surface area contributed by atoms with Crippen molar-refractivity contribution in [1.29, 1.82) is 0 Å². The van der Waals surface area contributed by atoms with Gasteiger partial charge in [-0.05, 0) is 24.6 Å². The molecule has 0 radical (unpaired) electrons. The van der Waals surface area contributed by atoms with Crippen LogP contribution in [0.3, 0.4) is 0 Å². The third kappa shape index (κ3) is 6.51. The molecule has 0 spiro atoms. The lowest BCUT2D eigenvalue weighted by molar-refractivity contribution is 0.199. The Morgan fingerprint density at radius 3 is 2.71 bits per heavy atom. The lowest BCUT2D eigenvalue weighted by Gasteiger charge is -2.05. The van der Waals surface area contributed by atoms with Crippen LogP contribution in [0.5, 0.6) is 0 Å². The molecule has 1 rings (SSSR count). The van der Waals surface area contributed by atoms with Crippen LogP contribution in [0.1, 0.15) is 12.5 Å². The molecule has 2 nitrogen and oxygen atoms in total. The van der Waals surface area contributed by atoms with Gasteiger partial charge in [0.05, 0.1) is 6.61 Å². The van der Waals surface area contributed by atoms with E-state index in [9.17, 15) is 0 Å². The molecule has 0 aliphatic rings. The molecule has 0 bridgehead atoms. The summed E-state index contributed by atoms with van der Waals surface area (Å²) in [6.45, 7) is 4.62. The topological polar surface area (TPSA) is 21.3 Å². The van der Waals surface area contributed by atoms with Gasteiger partial charge >= 0.3 is 0 Å². The maximum absolute atomic E-state index is 4.98. The van der Waals surface area contributed by atoms with E-state index >= 15 is 0 Å². The van der Waals surface area contributed by atoms with Crippen LogP contribution in [0.25, 0.3) is 0 Å². The summed E-state index contributed by atoms with van der Waals surface area (Å²) >= 11 is 1.86. The van der Waals surface area contributed by atoms with Gasteiger partial charge in [-0.3, -0.25) is 0 Å². The minimum Gasteiger partial charge on any atom is -0.383 e. The fourth-order valence-corrected chi connectivity index (χ4v) is 2.16. The molecule has 0 aliphatic carbocycles. The summed E-state index contributed by atoms with van der Waals surface area (Å²) < 4.78 is 4.98. The number of rotatable bonds is 8. The van der Waals surface area contributed by atoms with Crippen molar-refractivity contribution in [1.82, 2.24) is 5.32 Å². The molecule has 0 amide bonds. The van der Waals surface area contributed by atoms with Crippen LogP contribution in [0.2, 0.25) is 0 Å². The SMILES string of the molecule is C/C=C/CSc1ccc(CNCCOC)cc1. The number of allylic oxidation sites excluding steroid dienone is 1. The van der Waals surface area contributed by atoms with Gasteiger partial charge in [-0.25, -0.2) is 0 Å². The average Bonchev–Trinajstić information content (AvgIpc) is 2.37. The van der Waals surface area contributed by atoms with Crippen molar-refractivity contribution in [2.75, 3.05) is 26.0 Å². The molecule has 94 valence electrons. The molecule has 0 atom stereocenters. The number of benzene rings is 1. The highest BCUT2D eigenvalue weighted by molar-refractivity contribution is 7.99. The van der Waals surface area contributed by atoms with Crippen LogP contribution in [0.15, 0.2) is 41.3 Å². The first-order valence-electron chi connectivity index (χ1n) is 5.89. The Kier molecular flexibility index (Phi) is 7.80. The van der Waals surface area contributed by atoms with Gasteiger partial charge in [-0.1, -0.05) is 24.3 Å². The predicted molar refractivity (Wildman–Crippen MR) is 75.6 cm³/mol. The van der Waals surface area contributed by atoms with Crippen molar-refractivity contribution in [3.63, 3.8) is 0 Å². The molecular formula is C14H21NOS. The van der Waals surface area contributed by atoms with Crippen molar-refractivity contribution < 1.29 is 4.74 Å². The predicted octanol–water partition coefficient (Wildman–Crippen LogP) is 3.09. The van der Waals surface area contributed by atoms with Crippen molar-refractivity contribution >= 4 is 11.8 Å². The number of nitrogens with one attached hydrogen (secondary N) is 1. The summed E-state index contributed by atoms with van der Waals surface area (Å²) in [5.74, 6) is 1.04. The molecule has 1 aromatic rings. The molecule has 0 fully saturated rings. The summed E-state index contributed by atoms with van der Waals surface area (Å²) in [6.07, 6.45) is 4.26. The van der Waals surface area contributed by atoms with Gasteiger partial charge in [0.15, 0.2) is 0 Å². The molecule has 0 saturated carbocycles. The Bertz CT molecular complexity index is 321. The van der Waals surface area contributed by atoms with Gasteiger partial charge in [0.1, 0.15) is 0 Å². The lowest BCUT2D eigenvalue weighted by Crippen LogP contribution is -2.18. The van der Waals surface area contributed by atoms with Crippen LogP contribution in [0, 0.1) is 0 Å². The minimum absolute atomic E-state index is 0.761. The zero-order valence-corrected chi connectivity index (χ0v) is 11.4. The Hall–Kier alpha value is -0.770. The van der Waals surface area contributed by atoms with E-state index in [-0.39, 0.29) is 0 Å². The molecule has 1 aromatic carbocycles. The molecule has 17 heavy (non-hydrogen) atoms. The van der Waals surface area contributed by atoms with E-state index in [0.717, 1.165) is 25.4 Å². The molecule has 3 heteroatoms. The van der Waals surface area contributed by atoms with Crippen molar-refractivity contribution in [3.8, 4) is 0 Å². The maximum Gasteiger partial charge on any atom is 0.0587 e. The fourth-order valence-electron chi connectivity index (χ4n) is 1.35. The van der Waals surface area contributed by atoms with E-state index in [1.54, 1.807) is 7.11 Å². The second kappa shape index (κ2) is 9.28. The first-order chi connectivity index (χ1) is 8.36. The van der Waals surface area contributed by atoms with Crippen LogP contribution < -0.4 is 5.32 Å². The second-order valence-corrected chi connectivity index (χ2v) is 4.79. The molecule has 0 unspecified atom stereocenters. The van der Waals surface area contributed by atoms with Crippen LogP contribution in [0.4, 0.5) is 0 Å². The van der Waals surface area contributed by atoms with E-state index in [1.165, 1.54) is 10.5 Å². The van der Waals surface area contributed by atoms with Gasteiger partial charge in [-0.2, -0.15) is 0 Å². The highest BCUT2D eigenvalue weighted by Gasteiger charge is 1.94. The number of thioether (sulfide) groups is 1. The number of ether oxygens (including phenoxy) is 1. The summed E-state index contributed by atoms with van der Waals surface area (Å²) in [5.41, 5.74) is 1.32. The highest BCUT2D eigenvalue weighted by Crippen LogP contribution is 2.18. The monoisotopic (exact) mass is 251 g/mol. The standard InChI is InChI=1S/C14H21NOS/c1-3-4-11-17-14-7-5-13(6-8-14)12-15-9-10-16-2/h3-8,15H,9-12H2,1-2H3/b4-3+. The highest BCUT2D eigenvalue weighted by atomic mass is 32.2. The molecule has 0 heterocycles. The van der Waals surface area contributed by atoms with Crippen molar-refractivity contribution in [3.05, 3.63) is 42.0 Å². The summed E-state index contributed by atoms with van der Waals surface area (Å²) in [4.78, 5) is 1.32. The smallest absolute Gasteiger partial charge is 0.0587 e. The maximum atomic E-state index is 4.98. The Labute approximate surface area is 108 Å². The lowest BCUT2D eigenvalue weighted by atomic mass is 10.2. The quantitative estimate of drug-likeness (QED) is 0.436. The van der Waals surface area contributed by atoms with Crippen molar-refractivity contribution in [2.45, 2.75) is 18.4 Å². The molecular weight excluding hydrogens is 230 g/mol. The van der Waals surface area contributed by atoms with Crippen LogP contribution >= 0.6 is 11.8 Å². The van der Waals surface area contributed by atoms with Gasteiger partial charge in [-0.15, -0.1) is 11.8 Å². The van der Waals surface area contributed by atoms with Gasteiger partial charge in [0.25, 0.3) is 0 Å². The second-order valence-electron chi connectivity index (χ2n) is 3.69. The van der Waals surface area contributed by atoms with Crippen LogP contribution in [-0.4, -0.2) is 26.0 Å². The Morgan fingerprint density at radius 2 is 2.06 bits per heavy atom. The Morgan fingerprint density at radius 1 is 1.29 bits per heavy atom. The van der Waals surface area contributed by atoms with E-state index in [4.69, 9.17) is 4.74 Å². The Balaban J connectivity index is 2.29. The van der Waals surface area contributed by atoms with Crippen LogP contribution in [-0.2, 0) is 11.3 Å². The molecule has 0 aromatic heterocycles.